The van der Waals surface area contributed by atoms with Crippen LogP contribution < -0.4 is 5.32 Å². The highest BCUT2D eigenvalue weighted by Crippen LogP contribution is 2.22. The Morgan fingerprint density at radius 3 is 2.48 bits per heavy atom. The number of carbonyl (C=O) groups excluding carboxylic acids is 1. The van der Waals surface area contributed by atoms with E-state index in [1.54, 1.807) is 11.6 Å². The minimum atomic E-state index is -3.53. The summed E-state index contributed by atoms with van der Waals surface area (Å²) < 4.78 is 28.5. The molecule has 0 radical (unpaired) electrons. The molecule has 1 amide bonds. The van der Waals surface area contributed by atoms with Crippen LogP contribution >= 0.6 is 0 Å². The van der Waals surface area contributed by atoms with E-state index >= 15 is 0 Å². The number of hydrogen-bond acceptors (Lipinski definition) is 3. The van der Waals surface area contributed by atoms with E-state index in [1.165, 1.54) is 16.6 Å². The van der Waals surface area contributed by atoms with E-state index in [-0.39, 0.29) is 10.8 Å². The summed E-state index contributed by atoms with van der Waals surface area (Å²) in [4.78, 5) is 12.6. The molecule has 25 heavy (non-hydrogen) atoms. The molecular formula is C18H23N3O3S. The predicted molar refractivity (Wildman–Crippen MR) is 95.6 cm³/mol. The van der Waals surface area contributed by atoms with Crippen LogP contribution in [-0.4, -0.2) is 36.3 Å². The Bertz CT molecular complexity index is 838. The minimum Gasteiger partial charge on any atom is -0.347 e. The third-order valence-electron chi connectivity index (χ3n) is 4.46. The molecule has 0 saturated carbocycles. The maximum atomic E-state index is 12.7. The number of hydrogen-bond donors (Lipinski definition) is 1. The van der Waals surface area contributed by atoms with Crippen LogP contribution in [0.1, 0.15) is 35.3 Å². The molecule has 2 aromatic rings. The van der Waals surface area contributed by atoms with Gasteiger partial charge in [-0.1, -0.05) is 36.8 Å². The second kappa shape index (κ2) is 7.41. The Morgan fingerprint density at radius 2 is 1.80 bits per heavy atom. The zero-order valence-electron chi connectivity index (χ0n) is 14.3. The van der Waals surface area contributed by atoms with E-state index < -0.39 is 10.0 Å². The number of benzene rings is 1. The van der Waals surface area contributed by atoms with Crippen molar-refractivity contribution in [1.29, 1.82) is 0 Å². The Balaban J connectivity index is 1.74. The predicted octanol–water partition coefficient (Wildman–Crippen LogP) is 2.13. The number of aryl methyl sites for hydroxylation is 1. The molecular weight excluding hydrogens is 338 g/mol. The quantitative estimate of drug-likeness (QED) is 0.887. The highest BCUT2D eigenvalue weighted by Gasteiger charge is 2.28. The lowest BCUT2D eigenvalue weighted by atomic mass is 10.2. The van der Waals surface area contributed by atoms with Crippen molar-refractivity contribution >= 4 is 15.9 Å². The number of carbonyl (C=O) groups is 1. The van der Waals surface area contributed by atoms with Crippen molar-refractivity contribution in [3.63, 3.8) is 0 Å². The Labute approximate surface area is 148 Å². The SMILES string of the molecule is Cn1cc(S(=O)(=O)N2CCCCC2)cc1C(=O)NCc1ccccc1. The lowest BCUT2D eigenvalue weighted by Crippen LogP contribution is -2.35. The van der Waals surface area contributed by atoms with E-state index in [0.29, 0.717) is 25.3 Å². The number of nitrogens with one attached hydrogen (secondary N) is 1. The van der Waals surface area contributed by atoms with Crippen molar-refractivity contribution in [1.82, 2.24) is 14.2 Å². The summed E-state index contributed by atoms with van der Waals surface area (Å²) in [6, 6.07) is 11.1. The lowest BCUT2D eigenvalue weighted by molar-refractivity contribution is 0.0942. The molecule has 3 rings (SSSR count). The molecule has 1 aromatic carbocycles. The fraction of sp³-hybridized carbons (Fsp3) is 0.389. The van der Waals surface area contributed by atoms with Crippen molar-refractivity contribution in [2.24, 2.45) is 7.05 Å². The van der Waals surface area contributed by atoms with Gasteiger partial charge >= 0.3 is 0 Å². The summed E-state index contributed by atoms with van der Waals surface area (Å²) in [5.74, 6) is -0.286. The van der Waals surface area contributed by atoms with Crippen LogP contribution in [0.3, 0.4) is 0 Å². The van der Waals surface area contributed by atoms with E-state index in [1.807, 2.05) is 30.3 Å². The molecule has 1 aliphatic rings. The van der Waals surface area contributed by atoms with Gasteiger partial charge in [-0.25, -0.2) is 8.42 Å². The van der Waals surface area contributed by atoms with Crippen LogP contribution in [0, 0.1) is 0 Å². The normalized spacial score (nSPS) is 15.9. The molecule has 7 heteroatoms. The molecule has 6 nitrogen and oxygen atoms in total. The van der Waals surface area contributed by atoms with Crippen molar-refractivity contribution in [2.75, 3.05) is 13.1 Å². The van der Waals surface area contributed by atoms with Gasteiger partial charge in [-0.2, -0.15) is 4.31 Å². The van der Waals surface area contributed by atoms with E-state index in [0.717, 1.165) is 24.8 Å². The number of sulfonamides is 1. The first-order valence-electron chi connectivity index (χ1n) is 8.47. The summed E-state index contributed by atoms with van der Waals surface area (Å²) in [7, 11) is -1.84. The molecule has 0 aliphatic carbocycles. The van der Waals surface area contributed by atoms with Crippen molar-refractivity contribution in [2.45, 2.75) is 30.7 Å². The van der Waals surface area contributed by atoms with Gasteiger partial charge in [0.05, 0.1) is 0 Å². The van der Waals surface area contributed by atoms with Gasteiger partial charge in [-0.15, -0.1) is 0 Å². The molecule has 1 aromatic heterocycles. The highest BCUT2D eigenvalue weighted by atomic mass is 32.2. The number of aromatic nitrogens is 1. The fourth-order valence-electron chi connectivity index (χ4n) is 3.02. The van der Waals surface area contributed by atoms with E-state index in [4.69, 9.17) is 0 Å². The number of piperidine rings is 1. The van der Waals surface area contributed by atoms with Crippen LogP contribution in [0.4, 0.5) is 0 Å². The van der Waals surface area contributed by atoms with Gasteiger partial charge in [0.2, 0.25) is 10.0 Å². The molecule has 2 heterocycles. The zero-order chi connectivity index (χ0) is 17.9. The maximum Gasteiger partial charge on any atom is 0.268 e. The first kappa shape index (κ1) is 17.7. The van der Waals surface area contributed by atoms with Crippen molar-refractivity contribution < 1.29 is 13.2 Å². The van der Waals surface area contributed by atoms with Crippen LogP contribution in [0.5, 0.6) is 0 Å². The second-order valence-electron chi connectivity index (χ2n) is 6.30. The summed E-state index contributed by atoms with van der Waals surface area (Å²) in [6.45, 7) is 1.50. The third kappa shape index (κ3) is 3.93. The van der Waals surface area contributed by atoms with Crippen molar-refractivity contribution in [3.05, 3.63) is 53.9 Å². The van der Waals surface area contributed by atoms with Crippen LogP contribution in [0.25, 0.3) is 0 Å². The number of rotatable bonds is 5. The van der Waals surface area contributed by atoms with Crippen molar-refractivity contribution in [3.8, 4) is 0 Å². The van der Waals surface area contributed by atoms with Gasteiger partial charge in [-0.05, 0) is 24.5 Å². The standard InChI is InChI=1S/C18H23N3O3S/c1-20-14-16(25(23,24)21-10-6-3-7-11-21)12-17(20)18(22)19-13-15-8-4-2-5-9-15/h2,4-5,8-9,12,14H,3,6-7,10-11,13H2,1H3,(H,19,22). The number of nitrogens with zero attached hydrogens (tertiary/aromatic N) is 2. The van der Waals surface area contributed by atoms with Crippen LogP contribution in [-0.2, 0) is 23.6 Å². The van der Waals surface area contributed by atoms with Gasteiger partial charge in [0.1, 0.15) is 10.6 Å². The molecule has 0 spiro atoms. The minimum absolute atomic E-state index is 0.182. The van der Waals surface area contributed by atoms with E-state index in [9.17, 15) is 13.2 Å². The monoisotopic (exact) mass is 361 g/mol. The fourth-order valence-corrected chi connectivity index (χ4v) is 4.61. The third-order valence-corrected chi connectivity index (χ3v) is 6.33. The summed E-state index contributed by atoms with van der Waals surface area (Å²) in [6.07, 6.45) is 4.35. The summed E-state index contributed by atoms with van der Waals surface area (Å²) in [5, 5.41) is 2.83. The summed E-state index contributed by atoms with van der Waals surface area (Å²) in [5.41, 5.74) is 1.33. The molecule has 1 saturated heterocycles. The van der Waals surface area contributed by atoms with Gasteiger partial charge in [-0.3, -0.25) is 4.79 Å². The molecule has 1 fully saturated rings. The molecule has 1 N–H and O–H groups in total. The first-order valence-corrected chi connectivity index (χ1v) is 9.91. The molecule has 134 valence electrons. The largest absolute Gasteiger partial charge is 0.347 e. The van der Waals surface area contributed by atoms with Gasteiger partial charge in [0, 0.05) is 32.9 Å². The Kier molecular flexibility index (Phi) is 5.24. The Morgan fingerprint density at radius 1 is 1.12 bits per heavy atom. The second-order valence-corrected chi connectivity index (χ2v) is 8.24. The highest BCUT2D eigenvalue weighted by molar-refractivity contribution is 7.89. The zero-order valence-corrected chi connectivity index (χ0v) is 15.1. The molecule has 1 aliphatic heterocycles. The van der Waals surface area contributed by atoms with E-state index in [2.05, 4.69) is 5.32 Å². The lowest BCUT2D eigenvalue weighted by Gasteiger charge is -2.25. The molecule has 0 bridgehead atoms. The van der Waals surface area contributed by atoms with Gasteiger partial charge in [0.25, 0.3) is 5.91 Å². The topological polar surface area (TPSA) is 71.4 Å². The first-order chi connectivity index (χ1) is 12.0. The molecule has 0 atom stereocenters. The summed E-state index contributed by atoms with van der Waals surface area (Å²) >= 11 is 0. The molecule has 0 unspecified atom stereocenters. The Hall–Kier alpha value is -2.12. The van der Waals surface area contributed by atoms with Gasteiger partial charge < -0.3 is 9.88 Å². The maximum absolute atomic E-state index is 12.7. The van der Waals surface area contributed by atoms with Gasteiger partial charge in [0.15, 0.2) is 0 Å². The van der Waals surface area contributed by atoms with Crippen LogP contribution in [0.15, 0.2) is 47.5 Å². The van der Waals surface area contributed by atoms with Crippen LogP contribution in [0.2, 0.25) is 0 Å². The smallest absolute Gasteiger partial charge is 0.268 e. The average Bonchev–Trinajstić information content (AvgIpc) is 3.04. The number of amides is 1. The average molecular weight is 361 g/mol.